The molecule has 1 amide bonds. The number of para-hydroxylation sites is 1. The lowest BCUT2D eigenvalue weighted by atomic mass is 9.87. The molecule has 0 spiro atoms. The number of hydrogen-bond acceptors (Lipinski definition) is 1. The molecule has 0 radical (unpaired) electrons. The Kier molecular flexibility index (Phi) is 6.76. The molecular formula is C32H30N2O. The number of carbonyl (C=O) groups is 1. The maximum Gasteiger partial charge on any atom is 0.221 e. The van der Waals surface area contributed by atoms with Gasteiger partial charge in [-0.1, -0.05) is 109 Å². The Bertz CT molecular complexity index is 1390. The standard InChI is InChI=1S/C32H30N2O/c1-34-23-29(27-19-11-12-20-31(27)34)28(25-15-7-3-8-16-25)22-32(35)33-30(26-17-9-4-10-18-26)21-24-13-5-2-6-14-24/h2-20,23,28,30H,21-22H2,1H3,(H,33,35). The van der Waals surface area contributed by atoms with Crippen molar-refractivity contribution in [3.05, 3.63) is 144 Å². The highest BCUT2D eigenvalue weighted by molar-refractivity contribution is 5.86. The summed E-state index contributed by atoms with van der Waals surface area (Å²) < 4.78 is 2.15. The van der Waals surface area contributed by atoms with E-state index in [1.807, 2.05) is 54.6 Å². The number of rotatable bonds is 8. The first kappa shape index (κ1) is 22.7. The smallest absolute Gasteiger partial charge is 0.221 e. The number of carbonyl (C=O) groups excluding carboxylic acids is 1. The molecule has 0 aliphatic heterocycles. The predicted molar refractivity (Wildman–Crippen MR) is 143 cm³/mol. The van der Waals surface area contributed by atoms with Gasteiger partial charge < -0.3 is 9.88 Å². The second kappa shape index (κ2) is 10.4. The van der Waals surface area contributed by atoms with Gasteiger partial charge >= 0.3 is 0 Å². The second-order valence-corrected chi connectivity index (χ2v) is 9.10. The summed E-state index contributed by atoms with van der Waals surface area (Å²) >= 11 is 0. The molecule has 2 atom stereocenters. The average Bonchev–Trinajstić information content (AvgIpc) is 3.25. The topological polar surface area (TPSA) is 34.0 Å². The van der Waals surface area contributed by atoms with Crippen molar-refractivity contribution in [3.8, 4) is 0 Å². The van der Waals surface area contributed by atoms with E-state index in [9.17, 15) is 4.79 Å². The molecule has 1 aromatic heterocycles. The highest BCUT2D eigenvalue weighted by atomic mass is 16.1. The lowest BCUT2D eigenvalue weighted by molar-refractivity contribution is -0.122. The Hall–Kier alpha value is -4.11. The number of benzene rings is 4. The SMILES string of the molecule is Cn1cc(C(CC(=O)NC(Cc2ccccc2)c2ccccc2)c2ccccc2)c2ccccc21. The van der Waals surface area contributed by atoms with E-state index in [0.29, 0.717) is 6.42 Å². The average molecular weight is 459 g/mol. The summed E-state index contributed by atoms with van der Waals surface area (Å²) in [5.74, 6) is 0.0204. The second-order valence-electron chi connectivity index (χ2n) is 9.10. The van der Waals surface area contributed by atoms with E-state index in [1.165, 1.54) is 22.0 Å². The molecular weight excluding hydrogens is 428 g/mol. The van der Waals surface area contributed by atoms with Crippen molar-refractivity contribution in [3.63, 3.8) is 0 Å². The van der Waals surface area contributed by atoms with Gasteiger partial charge in [0.1, 0.15) is 0 Å². The minimum atomic E-state index is -0.0879. The van der Waals surface area contributed by atoms with Gasteiger partial charge in [0, 0.05) is 36.5 Å². The first-order valence-corrected chi connectivity index (χ1v) is 12.2. The summed E-state index contributed by atoms with van der Waals surface area (Å²) in [7, 11) is 2.07. The highest BCUT2D eigenvalue weighted by Crippen LogP contribution is 2.34. The summed E-state index contributed by atoms with van der Waals surface area (Å²) in [5.41, 5.74) is 5.83. The molecule has 0 fully saturated rings. The molecule has 1 heterocycles. The van der Waals surface area contributed by atoms with Crippen LogP contribution in [0.1, 0.15) is 40.6 Å². The number of fused-ring (bicyclic) bond motifs is 1. The monoisotopic (exact) mass is 458 g/mol. The summed E-state index contributed by atoms with van der Waals surface area (Å²) in [6, 6.07) is 39.3. The molecule has 0 aliphatic carbocycles. The van der Waals surface area contributed by atoms with Crippen LogP contribution in [-0.2, 0) is 18.3 Å². The number of hydrogen-bond donors (Lipinski definition) is 1. The van der Waals surface area contributed by atoms with Gasteiger partial charge in [0.2, 0.25) is 5.91 Å². The number of nitrogens with one attached hydrogen (secondary N) is 1. The Morgan fingerprint density at radius 2 is 1.31 bits per heavy atom. The molecule has 3 nitrogen and oxygen atoms in total. The molecule has 35 heavy (non-hydrogen) atoms. The van der Waals surface area contributed by atoms with Crippen molar-refractivity contribution in [1.29, 1.82) is 0 Å². The Labute approximate surface area is 207 Å². The Balaban J connectivity index is 1.45. The van der Waals surface area contributed by atoms with Crippen molar-refractivity contribution >= 4 is 16.8 Å². The van der Waals surface area contributed by atoms with Gasteiger partial charge in [0.25, 0.3) is 0 Å². The lowest BCUT2D eigenvalue weighted by Gasteiger charge is -2.22. The lowest BCUT2D eigenvalue weighted by Crippen LogP contribution is -2.31. The van der Waals surface area contributed by atoms with Gasteiger partial charge in [-0.25, -0.2) is 0 Å². The third-order valence-corrected chi connectivity index (χ3v) is 6.71. The van der Waals surface area contributed by atoms with Crippen molar-refractivity contribution in [2.75, 3.05) is 0 Å². The number of amides is 1. The van der Waals surface area contributed by atoms with Gasteiger partial charge in [-0.2, -0.15) is 0 Å². The minimum absolute atomic E-state index is 0.0320. The summed E-state index contributed by atoms with van der Waals surface area (Å²) in [5, 5.41) is 4.56. The van der Waals surface area contributed by atoms with E-state index in [1.54, 1.807) is 0 Å². The summed E-state index contributed by atoms with van der Waals surface area (Å²) in [4.78, 5) is 13.6. The van der Waals surface area contributed by atoms with Crippen molar-refractivity contribution in [2.45, 2.75) is 24.8 Å². The van der Waals surface area contributed by atoms with Crippen LogP contribution in [0, 0.1) is 0 Å². The zero-order chi connectivity index (χ0) is 24.0. The molecule has 0 saturated carbocycles. The van der Waals surface area contributed by atoms with E-state index in [-0.39, 0.29) is 17.9 Å². The first-order chi connectivity index (χ1) is 17.2. The number of aryl methyl sites for hydroxylation is 1. The van der Waals surface area contributed by atoms with Crippen LogP contribution in [0.15, 0.2) is 121 Å². The van der Waals surface area contributed by atoms with Crippen LogP contribution in [0.4, 0.5) is 0 Å². The predicted octanol–water partition coefficient (Wildman–Crippen LogP) is 6.80. The van der Waals surface area contributed by atoms with E-state index in [0.717, 1.165) is 17.5 Å². The fourth-order valence-electron chi connectivity index (χ4n) is 4.97. The molecule has 3 heteroatoms. The fourth-order valence-corrected chi connectivity index (χ4v) is 4.97. The zero-order valence-electron chi connectivity index (χ0n) is 20.0. The quantitative estimate of drug-likeness (QED) is 0.273. The Morgan fingerprint density at radius 1 is 0.743 bits per heavy atom. The maximum absolute atomic E-state index is 13.6. The molecule has 174 valence electrons. The molecule has 0 aliphatic rings. The van der Waals surface area contributed by atoms with Gasteiger partial charge in [-0.05, 0) is 34.7 Å². The van der Waals surface area contributed by atoms with Crippen LogP contribution in [0.3, 0.4) is 0 Å². The third kappa shape index (κ3) is 5.20. The molecule has 1 N–H and O–H groups in total. The van der Waals surface area contributed by atoms with Crippen LogP contribution in [0.25, 0.3) is 10.9 Å². The molecule has 4 aromatic carbocycles. The fraction of sp³-hybridized carbons (Fsp3) is 0.156. The highest BCUT2D eigenvalue weighted by Gasteiger charge is 2.24. The molecule has 0 saturated heterocycles. The largest absolute Gasteiger partial charge is 0.350 e. The number of aromatic nitrogens is 1. The molecule has 0 bridgehead atoms. The van der Waals surface area contributed by atoms with E-state index >= 15 is 0 Å². The van der Waals surface area contributed by atoms with Crippen LogP contribution in [-0.4, -0.2) is 10.5 Å². The van der Waals surface area contributed by atoms with Gasteiger partial charge in [-0.3, -0.25) is 4.79 Å². The Morgan fingerprint density at radius 3 is 2.00 bits per heavy atom. The molecule has 2 unspecified atom stereocenters. The maximum atomic E-state index is 13.6. The van der Waals surface area contributed by atoms with Crippen molar-refractivity contribution in [2.24, 2.45) is 7.05 Å². The van der Waals surface area contributed by atoms with Gasteiger partial charge in [0.05, 0.1) is 6.04 Å². The first-order valence-electron chi connectivity index (χ1n) is 12.2. The van der Waals surface area contributed by atoms with E-state index in [4.69, 9.17) is 0 Å². The van der Waals surface area contributed by atoms with E-state index < -0.39 is 0 Å². The van der Waals surface area contributed by atoms with Gasteiger partial charge in [0.15, 0.2) is 0 Å². The summed E-state index contributed by atoms with van der Waals surface area (Å²) in [6.07, 6.45) is 3.31. The zero-order valence-corrected chi connectivity index (χ0v) is 20.0. The summed E-state index contributed by atoms with van der Waals surface area (Å²) in [6.45, 7) is 0. The van der Waals surface area contributed by atoms with E-state index in [2.05, 4.69) is 83.8 Å². The minimum Gasteiger partial charge on any atom is -0.350 e. The number of nitrogens with zero attached hydrogens (tertiary/aromatic N) is 1. The van der Waals surface area contributed by atoms with Crippen LogP contribution >= 0.6 is 0 Å². The normalized spacial score (nSPS) is 12.8. The van der Waals surface area contributed by atoms with Crippen molar-refractivity contribution < 1.29 is 4.79 Å². The van der Waals surface area contributed by atoms with Crippen LogP contribution in [0.5, 0.6) is 0 Å². The van der Waals surface area contributed by atoms with Crippen LogP contribution < -0.4 is 5.32 Å². The van der Waals surface area contributed by atoms with Crippen molar-refractivity contribution in [1.82, 2.24) is 9.88 Å². The third-order valence-electron chi connectivity index (χ3n) is 6.71. The van der Waals surface area contributed by atoms with Gasteiger partial charge in [-0.15, -0.1) is 0 Å². The molecule has 5 rings (SSSR count). The molecule has 5 aromatic rings. The van der Waals surface area contributed by atoms with Crippen LogP contribution in [0.2, 0.25) is 0 Å².